The molecule has 12 heteroatoms. The summed E-state index contributed by atoms with van der Waals surface area (Å²) in [4.78, 5) is 27.9. The van der Waals surface area contributed by atoms with Crippen LogP contribution in [0.25, 0.3) is 0 Å². The number of nitrogens with zero attached hydrogens (tertiary/aromatic N) is 2. The summed E-state index contributed by atoms with van der Waals surface area (Å²) in [5, 5.41) is 3.83. The minimum atomic E-state index is -3.95. The molecule has 0 spiro atoms. The van der Waals surface area contributed by atoms with E-state index in [-0.39, 0.29) is 23.0 Å². The van der Waals surface area contributed by atoms with E-state index in [1.54, 1.807) is 25.1 Å². The average Bonchev–Trinajstić information content (AvgIpc) is 2.74. The number of halogens is 3. The average molecular weight is 579 g/mol. The Hall–Kier alpha value is -2.20. The number of hydrogen-bond donors (Lipinski definition) is 1. The summed E-state index contributed by atoms with van der Waals surface area (Å²) in [5.74, 6) is -0.833. The molecule has 36 heavy (non-hydrogen) atoms. The second kappa shape index (κ2) is 11.9. The fraction of sp³-hybridized carbons (Fsp3) is 0.417. The largest absolute Gasteiger partial charge is 0.495 e. The van der Waals surface area contributed by atoms with Crippen LogP contribution in [0.5, 0.6) is 5.75 Å². The number of hydrogen-bond acceptors (Lipinski definition) is 5. The number of ether oxygens (including phenoxy) is 1. The van der Waals surface area contributed by atoms with E-state index in [1.807, 2.05) is 20.8 Å². The van der Waals surface area contributed by atoms with Gasteiger partial charge in [-0.1, -0.05) is 40.9 Å². The molecule has 2 rings (SSSR count). The summed E-state index contributed by atoms with van der Waals surface area (Å²) in [7, 11) is -2.58. The van der Waals surface area contributed by atoms with Crippen molar-refractivity contribution in [2.75, 3.05) is 24.2 Å². The fourth-order valence-electron chi connectivity index (χ4n) is 3.34. The summed E-state index contributed by atoms with van der Waals surface area (Å²) < 4.78 is 31.7. The van der Waals surface area contributed by atoms with Crippen molar-refractivity contribution in [1.82, 2.24) is 10.2 Å². The van der Waals surface area contributed by atoms with Gasteiger partial charge in [-0.3, -0.25) is 13.9 Å². The highest BCUT2D eigenvalue weighted by molar-refractivity contribution is 7.92. The summed E-state index contributed by atoms with van der Waals surface area (Å²) >= 11 is 18.5. The molecule has 0 unspecified atom stereocenters. The molecule has 0 aliphatic rings. The fourth-order valence-corrected chi connectivity index (χ4v) is 4.82. The van der Waals surface area contributed by atoms with E-state index in [4.69, 9.17) is 39.5 Å². The molecular formula is C24H30Cl3N3O5S. The predicted molar refractivity (Wildman–Crippen MR) is 145 cm³/mol. The molecule has 198 valence electrons. The molecule has 2 amide bonds. The van der Waals surface area contributed by atoms with Gasteiger partial charge in [0.25, 0.3) is 0 Å². The number of sulfonamides is 1. The number of nitrogens with one attached hydrogen (secondary N) is 1. The van der Waals surface area contributed by atoms with Gasteiger partial charge in [0.1, 0.15) is 18.3 Å². The van der Waals surface area contributed by atoms with Crippen LogP contribution in [0.2, 0.25) is 15.1 Å². The quantitative estimate of drug-likeness (QED) is 0.463. The van der Waals surface area contributed by atoms with Crippen LogP contribution < -0.4 is 14.4 Å². The van der Waals surface area contributed by atoms with Crippen molar-refractivity contribution in [1.29, 1.82) is 0 Å². The van der Waals surface area contributed by atoms with Crippen LogP contribution in [0.1, 0.15) is 33.3 Å². The maximum Gasteiger partial charge on any atom is 0.244 e. The van der Waals surface area contributed by atoms with Crippen molar-refractivity contribution in [3.8, 4) is 5.75 Å². The Bertz CT molecular complexity index is 1230. The van der Waals surface area contributed by atoms with E-state index < -0.39 is 40.0 Å². The Balaban J connectivity index is 2.51. The van der Waals surface area contributed by atoms with Gasteiger partial charge in [0.2, 0.25) is 21.8 Å². The Morgan fingerprint density at radius 2 is 1.64 bits per heavy atom. The highest BCUT2D eigenvalue weighted by atomic mass is 35.5. The molecule has 0 bridgehead atoms. The third-order valence-corrected chi connectivity index (χ3v) is 7.06. The van der Waals surface area contributed by atoms with Crippen LogP contribution in [0.3, 0.4) is 0 Å². The van der Waals surface area contributed by atoms with Crippen molar-refractivity contribution in [3.05, 3.63) is 57.0 Å². The van der Waals surface area contributed by atoms with Gasteiger partial charge in [0.05, 0.1) is 19.1 Å². The van der Waals surface area contributed by atoms with E-state index in [1.165, 1.54) is 30.2 Å². The highest BCUT2D eigenvalue weighted by Crippen LogP contribution is 2.33. The number of benzene rings is 2. The molecule has 0 saturated heterocycles. The van der Waals surface area contributed by atoms with Gasteiger partial charge in [0.15, 0.2) is 0 Å². The maximum absolute atomic E-state index is 13.6. The molecule has 2 aromatic carbocycles. The summed E-state index contributed by atoms with van der Waals surface area (Å²) in [6.07, 6.45) is 0.969. The molecule has 0 radical (unpaired) electrons. The zero-order valence-corrected chi connectivity index (χ0v) is 24.0. The third kappa shape index (κ3) is 8.16. The molecule has 2 aromatic rings. The van der Waals surface area contributed by atoms with Gasteiger partial charge in [-0.2, -0.15) is 0 Å². The zero-order valence-electron chi connectivity index (χ0n) is 20.9. The molecule has 0 aliphatic heterocycles. The molecular weight excluding hydrogens is 549 g/mol. The van der Waals surface area contributed by atoms with Crippen molar-refractivity contribution in [2.24, 2.45) is 0 Å². The lowest BCUT2D eigenvalue weighted by atomic mass is 10.1. The molecule has 0 fully saturated rings. The van der Waals surface area contributed by atoms with Crippen molar-refractivity contribution < 1.29 is 22.7 Å². The van der Waals surface area contributed by atoms with E-state index in [2.05, 4.69) is 5.32 Å². The number of amides is 2. The minimum absolute atomic E-state index is 0.0577. The molecule has 0 aliphatic carbocycles. The molecule has 8 nitrogen and oxygen atoms in total. The topological polar surface area (TPSA) is 96.0 Å². The molecule has 1 atom stereocenters. The lowest BCUT2D eigenvalue weighted by Crippen LogP contribution is -2.54. The monoisotopic (exact) mass is 577 g/mol. The van der Waals surface area contributed by atoms with Gasteiger partial charge >= 0.3 is 0 Å². The first kappa shape index (κ1) is 30.0. The van der Waals surface area contributed by atoms with Crippen molar-refractivity contribution in [3.63, 3.8) is 0 Å². The number of carbonyl (C=O) groups is 2. The normalized spacial score (nSPS) is 12.6. The molecule has 0 heterocycles. The van der Waals surface area contributed by atoms with Crippen LogP contribution >= 0.6 is 34.8 Å². The number of methoxy groups -OCH3 is 1. The lowest BCUT2D eigenvalue weighted by Gasteiger charge is -2.33. The van der Waals surface area contributed by atoms with Crippen LogP contribution in [-0.2, 0) is 26.2 Å². The standard InChI is InChI=1S/C24H30Cl3N3O5S/c1-15(23(32)28-24(2,3)4)29(13-16-7-8-17(25)11-19(16)27)22(31)14-30(36(6,33)34)20-12-18(26)9-10-21(20)35-5/h7-12,15H,13-14H2,1-6H3,(H,28,32)/t15-/m1/s1. The Morgan fingerprint density at radius 3 is 2.17 bits per heavy atom. The predicted octanol–water partition coefficient (Wildman–Crippen LogP) is 4.75. The lowest BCUT2D eigenvalue weighted by molar-refractivity contribution is -0.140. The summed E-state index contributed by atoms with van der Waals surface area (Å²) in [6, 6.07) is 8.28. The van der Waals surface area contributed by atoms with E-state index in [9.17, 15) is 18.0 Å². The first-order valence-electron chi connectivity index (χ1n) is 10.9. The van der Waals surface area contributed by atoms with Gasteiger partial charge in [-0.25, -0.2) is 8.42 Å². The van der Waals surface area contributed by atoms with E-state index in [0.717, 1.165) is 10.6 Å². The van der Waals surface area contributed by atoms with E-state index >= 15 is 0 Å². The van der Waals surface area contributed by atoms with Gasteiger partial charge < -0.3 is 15.0 Å². The first-order valence-corrected chi connectivity index (χ1v) is 13.9. The second-order valence-electron chi connectivity index (χ2n) is 9.26. The molecule has 1 N–H and O–H groups in total. The maximum atomic E-state index is 13.6. The highest BCUT2D eigenvalue weighted by Gasteiger charge is 2.32. The van der Waals surface area contributed by atoms with Gasteiger partial charge in [0, 0.05) is 27.2 Å². The smallest absolute Gasteiger partial charge is 0.244 e. The number of rotatable bonds is 9. The Morgan fingerprint density at radius 1 is 1.06 bits per heavy atom. The first-order chi connectivity index (χ1) is 16.5. The summed E-state index contributed by atoms with van der Waals surface area (Å²) in [5.41, 5.74) is 0.0819. The van der Waals surface area contributed by atoms with Gasteiger partial charge in [-0.15, -0.1) is 0 Å². The van der Waals surface area contributed by atoms with E-state index in [0.29, 0.717) is 15.6 Å². The van der Waals surface area contributed by atoms with Crippen LogP contribution in [-0.4, -0.2) is 56.6 Å². The van der Waals surface area contributed by atoms with Crippen LogP contribution in [0, 0.1) is 0 Å². The third-order valence-electron chi connectivity index (χ3n) is 5.11. The van der Waals surface area contributed by atoms with Gasteiger partial charge in [-0.05, 0) is 63.6 Å². The molecule has 0 saturated carbocycles. The summed E-state index contributed by atoms with van der Waals surface area (Å²) in [6.45, 7) is 6.35. The van der Waals surface area contributed by atoms with Crippen molar-refractivity contribution in [2.45, 2.75) is 45.8 Å². The number of anilines is 1. The second-order valence-corrected chi connectivity index (χ2v) is 12.4. The Kier molecular flexibility index (Phi) is 9.92. The van der Waals surface area contributed by atoms with Crippen LogP contribution in [0.15, 0.2) is 36.4 Å². The SMILES string of the molecule is COc1ccc(Cl)cc1N(CC(=O)N(Cc1ccc(Cl)cc1Cl)[C@H](C)C(=O)NC(C)(C)C)S(C)(=O)=O. The zero-order chi connectivity index (χ0) is 27.4. The molecule has 0 aromatic heterocycles. The Labute approximate surface area is 227 Å². The van der Waals surface area contributed by atoms with Crippen molar-refractivity contribution >= 4 is 62.3 Å². The van der Waals surface area contributed by atoms with Crippen LogP contribution in [0.4, 0.5) is 5.69 Å². The number of carbonyl (C=O) groups excluding carboxylic acids is 2. The minimum Gasteiger partial charge on any atom is -0.495 e.